The Labute approximate surface area is 175 Å². The maximum absolute atomic E-state index is 12.5. The molecular weight excluding hydrogens is 422 g/mol. The van der Waals surface area contributed by atoms with E-state index in [-0.39, 0.29) is 12.8 Å². The van der Waals surface area contributed by atoms with Gasteiger partial charge in [0, 0.05) is 12.8 Å². The highest BCUT2D eigenvalue weighted by Crippen LogP contribution is 2.04. The number of primary amides is 1. The molecule has 10 N–H and O–H groups in total. The van der Waals surface area contributed by atoms with E-state index in [1.807, 2.05) is 5.32 Å². The molecule has 3 atom stereocenters. The molecule has 0 radical (unpaired) electrons. The summed E-state index contributed by atoms with van der Waals surface area (Å²) in [5.41, 5.74) is 10.2. The maximum atomic E-state index is 12.5. The zero-order valence-electron chi connectivity index (χ0n) is 16.3. The fraction of sp³-hybridized carbons (Fsp3) is 0.562. The average molecular weight is 447 g/mol. The normalized spacial score (nSPS) is 13.2. The Bertz CT molecular complexity index is 726. The molecule has 0 aromatic carbocycles. The largest absolute Gasteiger partial charge is 0.481 e. The van der Waals surface area contributed by atoms with Gasteiger partial charge < -0.3 is 42.7 Å². The molecule has 0 saturated carbocycles. The lowest BCUT2D eigenvalue weighted by Gasteiger charge is -2.24. The first-order valence-corrected chi connectivity index (χ1v) is 8.92. The Hall–Kier alpha value is -3.75. The van der Waals surface area contributed by atoms with E-state index < -0.39 is 85.5 Å². The highest BCUT2D eigenvalue weighted by Gasteiger charge is 2.30. The van der Waals surface area contributed by atoms with Crippen molar-refractivity contribution in [3.05, 3.63) is 0 Å². The van der Waals surface area contributed by atoms with Crippen LogP contribution in [0.15, 0.2) is 0 Å². The zero-order chi connectivity index (χ0) is 24.1. The first kappa shape index (κ1) is 27.2. The average Bonchev–Trinajstić information content (AvgIpc) is 2.66. The van der Waals surface area contributed by atoms with Crippen LogP contribution in [0.4, 0.5) is 0 Å². The molecule has 0 aromatic rings. The molecule has 174 valence electrons. The highest BCUT2D eigenvalue weighted by molar-refractivity contribution is 5.94. The van der Waals surface area contributed by atoms with Crippen molar-refractivity contribution >= 4 is 41.5 Å². The van der Waals surface area contributed by atoms with Gasteiger partial charge in [0.2, 0.25) is 23.6 Å². The van der Waals surface area contributed by atoms with E-state index >= 15 is 0 Å². The Morgan fingerprint density at radius 3 is 1.61 bits per heavy atom. The van der Waals surface area contributed by atoms with Gasteiger partial charge in [-0.15, -0.1) is 0 Å². The summed E-state index contributed by atoms with van der Waals surface area (Å²) >= 11 is 0. The molecule has 0 aliphatic rings. The third-order valence-electron chi connectivity index (χ3n) is 3.79. The number of carbonyl (C=O) groups excluding carboxylic acids is 4. The predicted octanol–water partition coefficient (Wildman–Crippen LogP) is -3.91. The first-order valence-electron chi connectivity index (χ1n) is 8.92. The molecule has 0 aliphatic carbocycles. The van der Waals surface area contributed by atoms with Gasteiger partial charge in [0.05, 0.1) is 13.0 Å². The van der Waals surface area contributed by atoms with Gasteiger partial charge in [-0.1, -0.05) is 0 Å². The molecule has 0 spiro atoms. The summed E-state index contributed by atoms with van der Waals surface area (Å²) in [5.74, 6) is -8.17. The number of rotatable bonds is 15. The molecule has 0 aliphatic heterocycles. The summed E-state index contributed by atoms with van der Waals surface area (Å²) < 4.78 is 0. The van der Waals surface area contributed by atoms with Crippen LogP contribution >= 0.6 is 0 Å². The third-order valence-corrected chi connectivity index (χ3v) is 3.79. The van der Waals surface area contributed by atoms with Gasteiger partial charge >= 0.3 is 17.9 Å². The number of nitrogens with one attached hydrogen (secondary N) is 3. The van der Waals surface area contributed by atoms with Gasteiger partial charge in [0.1, 0.15) is 18.1 Å². The minimum Gasteiger partial charge on any atom is -0.481 e. The molecule has 0 bridgehead atoms. The van der Waals surface area contributed by atoms with Crippen LogP contribution in [-0.2, 0) is 33.6 Å². The van der Waals surface area contributed by atoms with Gasteiger partial charge in [-0.25, -0.2) is 4.79 Å². The molecular formula is C16H25N5O10. The van der Waals surface area contributed by atoms with Crippen molar-refractivity contribution in [1.29, 1.82) is 0 Å². The highest BCUT2D eigenvalue weighted by atomic mass is 16.4. The van der Waals surface area contributed by atoms with Crippen LogP contribution in [0.1, 0.15) is 32.1 Å². The number of hydrogen-bond acceptors (Lipinski definition) is 8. The fourth-order valence-electron chi connectivity index (χ4n) is 2.26. The summed E-state index contributed by atoms with van der Waals surface area (Å²) in [4.78, 5) is 80.1. The van der Waals surface area contributed by atoms with Crippen molar-refractivity contribution in [3.63, 3.8) is 0 Å². The molecule has 15 nitrogen and oxygen atoms in total. The smallest absolute Gasteiger partial charge is 0.326 e. The second-order valence-corrected chi connectivity index (χ2v) is 6.32. The van der Waals surface area contributed by atoms with Crippen molar-refractivity contribution in [2.45, 2.75) is 50.2 Å². The Morgan fingerprint density at radius 1 is 0.710 bits per heavy atom. The molecule has 4 amide bonds. The number of hydrogen-bond donors (Lipinski definition) is 8. The lowest BCUT2D eigenvalue weighted by molar-refractivity contribution is -0.147. The van der Waals surface area contributed by atoms with Crippen LogP contribution in [-0.4, -0.2) is 81.5 Å². The van der Waals surface area contributed by atoms with Crippen molar-refractivity contribution < 1.29 is 48.9 Å². The van der Waals surface area contributed by atoms with Gasteiger partial charge in [-0.05, 0) is 12.8 Å². The minimum atomic E-state index is -1.82. The predicted molar refractivity (Wildman–Crippen MR) is 100 cm³/mol. The number of carboxylic acids is 3. The van der Waals surface area contributed by atoms with Crippen LogP contribution in [0.25, 0.3) is 0 Å². The number of nitrogens with two attached hydrogens (primary N) is 2. The fourth-order valence-corrected chi connectivity index (χ4v) is 2.26. The number of carbonyl (C=O) groups is 7. The standard InChI is InChI=1S/C16H25N5O10/c17-6-11(23)19-7(2-4-12(24)25)14(28)20-8(1-3-10(18)22)15(29)21-9(16(30)31)5-13(26)27/h7-9H,1-6,17H2,(H2,18,22)(H,19,23)(H,20,28)(H,21,29)(H,24,25)(H,26,27)(H,30,31). The quantitative estimate of drug-likeness (QED) is 0.120. The van der Waals surface area contributed by atoms with E-state index in [0.717, 1.165) is 0 Å². The van der Waals surface area contributed by atoms with E-state index in [1.165, 1.54) is 0 Å². The van der Waals surface area contributed by atoms with E-state index in [2.05, 4.69) is 10.6 Å². The molecule has 0 heterocycles. The summed E-state index contributed by atoms with van der Waals surface area (Å²) in [6.07, 6.45) is -2.59. The van der Waals surface area contributed by atoms with Crippen LogP contribution in [0, 0.1) is 0 Å². The lowest BCUT2D eigenvalue weighted by atomic mass is 10.1. The summed E-state index contributed by atoms with van der Waals surface area (Å²) in [7, 11) is 0. The molecule has 31 heavy (non-hydrogen) atoms. The Balaban J connectivity index is 5.48. The molecule has 0 fully saturated rings. The maximum Gasteiger partial charge on any atom is 0.326 e. The van der Waals surface area contributed by atoms with Crippen LogP contribution in [0.5, 0.6) is 0 Å². The first-order chi connectivity index (χ1) is 14.4. The van der Waals surface area contributed by atoms with Crippen LogP contribution in [0.2, 0.25) is 0 Å². The summed E-state index contributed by atoms with van der Waals surface area (Å²) in [6, 6.07) is -4.75. The van der Waals surface area contributed by atoms with Gasteiger partial charge in [-0.3, -0.25) is 28.8 Å². The lowest BCUT2D eigenvalue weighted by Crippen LogP contribution is -2.56. The second-order valence-electron chi connectivity index (χ2n) is 6.32. The van der Waals surface area contributed by atoms with Crippen molar-refractivity contribution in [2.24, 2.45) is 11.5 Å². The monoisotopic (exact) mass is 447 g/mol. The van der Waals surface area contributed by atoms with E-state index in [0.29, 0.717) is 0 Å². The second kappa shape index (κ2) is 13.5. The molecule has 3 unspecified atom stereocenters. The van der Waals surface area contributed by atoms with Crippen molar-refractivity contribution in [1.82, 2.24) is 16.0 Å². The van der Waals surface area contributed by atoms with E-state index in [9.17, 15) is 33.6 Å². The molecule has 15 heteroatoms. The van der Waals surface area contributed by atoms with Crippen molar-refractivity contribution in [3.8, 4) is 0 Å². The minimum absolute atomic E-state index is 0.353. The van der Waals surface area contributed by atoms with Gasteiger partial charge in [0.25, 0.3) is 0 Å². The summed E-state index contributed by atoms with van der Waals surface area (Å²) in [6.45, 7) is -0.502. The number of carboxylic acid groups (broad SMARTS) is 3. The van der Waals surface area contributed by atoms with Crippen molar-refractivity contribution in [2.75, 3.05) is 6.54 Å². The topological polar surface area (TPSA) is 268 Å². The Morgan fingerprint density at radius 2 is 1.19 bits per heavy atom. The van der Waals surface area contributed by atoms with Gasteiger partial charge in [0.15, 0.2) is 0 Å². The number of amides is 4. The molecule has 0 aromatic heterocycles. The van der Waals surface area contributed by atoms with Crippen LogP contribution < -0.4 is 27.4 Å². The van der Waals surface area contributed by atoms with E-state index in [4.69, 9.17) is 26.8 Å². The zero-order valence-corrected chi connectivity index (χ0v) is 16.3. The number of aliphatic carboxylic acids is 3. The summed E-state index contributed by atoms with van der Waals surface area (Å²) in [5, 5.41) is 32.9. The third kappa shape index (κ3) is 11.7. The molecule has 0 rings (SSSR count). The SMILES string of the molecule is NCC(=O)NC(CCC(=O)O)C(=O)NC(CCC(N)=O)C(=O)NC(CC(=O)O)C(=O)O. The molecule has 0 saturated heterocycles. The van der Waals surface area contributed by atoms with Gasteiger partial charge in [-0.2, -0.15) is 0 Å². The Kier molecular flexibility index (Phi) is 11.8. The van der Waals surface area contributed by atoms with Crippen LogP contribution in [0.3, 0.4) is 0 Å². The van der Waals surface area contributed by atoms with E-state index in [1.54, 1.807) is 0 Å².